The van der Waals surface area contributed by atoms with Crippen LogP contribution >= 0.6 is 22.9 Å². The minimum absolute atomic E-state index is 0.0395. The largest absolute Gasteiger partial charge is 0.348 e. The number of aromatic nitrogens is 3. The summed E-state index contributed by atoms with van der Waals surface area (Å²) in [6.07, 6.45) is 5.93. The standard InChI is InChI=1S/C21H21N5O2S2/c1-13-18(11-23-19(27)6-5-16-4-3-9-29-16)17-7-8-26(12-15(17)10-22-13)21(28)20-14(2)24-25-30-20/h3-6,9-10H,7-8,11-12H2,1-2H3,(H,23,27). The molecule has 0 aliphatic carbocycles. The van der Waals surface area contributed by atoms with E-state index in [-0.39, 0.29) is 11.8 Å². The Morgan fingerprint density at radius 1 is 1.30 bits per heavy atom. The molecule has 3 aromatic heterocycles. The molecule has 7 nitrogen and oxygen atoms in total. The molecule has 9 heteroatoms. The second-order valence-corrected chi connectivity index (χ2v) is 8.79. The van der Waals surface area contributed by atoms with E-state index in [1.165, 1.54) is 5.56 Å². The molecule has 0 atom stereocenters. The van der Waals surface area contributed by atoms with Crippen LogP contribution in [-0.2, 0) is 24.3 Å². The van der Waals surface area contributed by atoms with Crippen molar-refractivity contribution < 1.29 is 9.59 Å². The SMILES string of the molecule is Cc1nnsc1C(=O)N1CCc2c(cnc(C)c2CNC(=O)C=Cc2cccs2)C1. The van der Waals surface area contributed by atoms with E-state index in [1.54, 1.807) is 24.3 Å². The van der Waals surface area contributed by atoms with Crippen molar-refractivity contribution in [2.24, 2.45) is 0 Å². The first-order valence-electron chi connectivity index (χ1n) is 9.57. The van der Waals surface area contributed by atoms with Crippen LogP contribution in [0.2, 0.25) is 0 Å². The van der Waals surface area contributed by atoms with E-state index < -0.39 is 0 Å². The maximum atomic E-state index is 12.8. The number of pyridine rings is 1. The molecule has 30 heavy (non-hydrogen) atoms. The van der Waals surface area contributed by atoms with Gasteiger partial charge in [-0.1, -0.05) is 10.6 Å². The summed E-state index contributed by atoms with van der Waals surface area (Å²) in [5.74, 6) is -0.177. The van der Waals surface area contributed by atoms with Gasteiger partial charge in [-0.05, 0) is 66.0 Å². The Hall–Kier alpha value is -2.91. The Kier molecular flexibility index (Phi) is 6.01. The Bertz CT molecular complexity index is 1100. The van der Waals surface area contributed by atoms with E-state index in [2.05, 4.69) is 19.9 Å². The zero-order valence-corrected chi connectivity index (χ0v) is 18.3. The molecule has 0 radical (unpaired) electrons. The molecule has 1 N–H and O–H groups in total. The first-order valence-corrected chi connectivity index (χ1v) is 11.2. The van der Waals surface area contributed by atoms with Crippen molar-refractivity contribution in [3.05, 3.63) is 67.6 Å². The van der Waals surface area contributed by atoms with Gasteiger partial charge >= 0.3 is 0 Å². The van der Waals surface area contributed by atoms with E-state index >= 15 is 0 Å². The lowest BCUT2D eigenvalue weighted by Gasteiger charge is -2.30. The highest BCUT2D eigenvalue weighted by Crippen LogP contribution is 2.26. The lowest BCUT2D eigenvalue weighted by atomic mass is 9.94. The predicted octanol–water partition coefficient (Wildman–Crippen LogP) is 3.14. The Morgan fingerprint density at radius 3 is 2.90 bits per heavy atom. The second kappa shape index (κ2) is 8.85. The molecule has 0 unspecified atom stereocenters. The van der Waals surface area contributed by atoms with Gasteiger partial charge in [0, 0.05) is 42.5 Å². The molecule has 1 aliphatic rings. The maximum absolute atomic E-state index is 12.8. The minimum Gasteiger partial charge on any atom is -0.348 e. The molecule has 0 saturated heterocycles. The van der Waals surface area contributed by atoms with E-state index in [4.69, 9.17) is 0 Å². The molecule has 154 valence electrons. The average Bonchev–Trinajstić information content (AvgIpc) is 3.42. The topological polar surface area (TPSA) is 88.1 Å². The van der Waals surface area contributed by atoms with E-state index in [9.17, 15) is 9.59 Å². The highest BCUT2D eigenvalue weighted by molar-refractivity contribution is 7.10. The van der Waals surface area contributed by atoms with Crippen LogP contribution in [0.3, 0.4) is 0 Å². The molecule has 0 bridgehead atoms. The zero-order chi connectivity index (χ0) is 21.1. The van der Waals surface area contributed by atoms with Crippen LogP contribution in [0.25, 0.3) is 6.08 Å². The highest BCUT2D eigenvalue weighted by atomic mass is 32.1. The van der Waals surface area contributed by atoms with Gasteiger partial charge in [-0.25, -0.2) is 0 Å². The van der Waals surface area contributed by atoms with Gasteiger partial charge in [0.05, 0.1) is 5.69 Å². The van der Waals surface area contributed by atoms with Crippen LogP contribution in [0.15, 0.2) is 29.8 Å². The lowest BCUT2D eigenvalue weighted by molar-refractivity contribution is -0.116. The number of hydrogen-bond donors (Lipinski definition) is 1. The smallest absolute Gasteiger partial charge is 0.267 e. The second-order valence-electron chi connectivity index (χ2n) is 7.06. The Morgan fingerprint density at radius 2 is 2.17 bits per heavy atom. The van der Waals surface area contributed by atoms with Crippen LogP contribution in [-0.4, -0.2) is 37.8 Å². The van der Waals surface area contributed by atoms with Gasteiger partial charge < -0.3 is 10.2 Å². The third-order valence-electron chi connectivity index (χ3n) is 5.11. The van der Waals surface area contributed by atoms with E-state index in [1.807, 2.05) is 41.6 Å². The summed E-state index contributed by atoms with van der Waals surface area (Å²) in [7, 11) is 0. The molecule has 3 aromatic rings. The monoisotopic (exact) mass is 439 g/mol. The molecule has 2 amide bonds. The van der Waals surface area contributed by atoms with Gasteiger partial charge in [0.2, 0.25) is 5.91 Å². The first-order chi connectivity index (χ1) is 14.5. The number of thiophene rings is 1. The number of hydrogen-bond acceptors (Lipinski definition) is 7. The van der Waals surface area contributed by atoms with E-state index in [0.29, 0.717) is 30.2 Å². The third-order valence-corrected chi connectivity index (χ3v) is 6.76. The van der Waals surface area contributed by atoms with Crippen molar-refractivity contribution in [1.29, 1.82) is 0 Å². The van der Waals surface area contributed by atoms with Crippen molar-refractivity contribution in [1.82, 2.24) is 24.8 Å². The fourth-order valence-electron chi connectivity index (χ4n) is 3.48. The summed E-state index contributed by atoms with van der Waals surface area (Å²) < 4.78 is 3.87. The van der Waals surface area contributed by atoms with Crippen LogP contribution in [0.1, 0.15) is 42.6 Å². The number of nitrogens with zero attached hydrogens (tertiary/aromatic N) is 4. The summed E-state index contributed by atoms with van der Waals surface area (Å²) in [4.78, 5) is 33.0. The highest BCUT2D eigenvalue weighted by Gasteiger charge is 2.26. The van der Waals surface area contributed by atoms with Crippen LogP contribution in [0, 0.1) is 13.8 Å². The predicted molar refractivity (Wildman–Crippen MR) is 117 cm³/mol. The van der Waals surface area contributed by atoms with Crippen LogP contribution < -0.4 is 5.32 Å². The van der Waals surface area contributed by atoms with Crippen LogP contribution in [0.4, 0.5) is 0 Å². The zero-order valence-electron chi connectivity index (χ0n) is 16.7. The van der Waals surface area contributed by atoms with Crippen molar-refractivity contribution >= 4 is 40.8 Å². The van der Waals surface area contributed by atoms with Crippen molar-refractivity contribution in [2.75, 3.05) is 6.54 Å². The number of fused-ring (bicyclic) bond motifs is 1. The summed E-state index contributed by atoms with van der Waals surface area (Å²) in [6, 6.07) is 3.92. The fourth-order valence-corrected chi connectivity index (χ4v) is 4.72. The average molecular weight is 440 g/mol. The number of aryl methyl sites for hydroxylation is 2. The first kappa shape index (κ1) is 20.4. The number of carbonyl (C=O) groups excluding carboxylic acids is 2. The molecule has 0 spiro atoms. The molecular formula is C21H21N5O2S2. The maximum Gasteiger partial charge on any atom is 0.267 e. The molecular weight excluding hydrogens is 418 g/mol. The van der Waals surface area contributed by atoms with Gasteiger partial charge in [0.1, 0.15) is 4.88 Å². The Balaban J connectivity index is 1.46. The quantitative estimate of drug-likeness (QED) is 0.617. The number of amides is 2. The van der Waals surface area contributed by atoms with Gasteiger partial charge in [0.25, 0.3) is 5.91 Å². The number of nitrogens with one attached hydrogen (secondary N) is 1. The third kappa shape index (κ3) is 4.31. The molecule has 0 fully saturated rings. The minimum atomic E-state index is -0.138. The Labute approximate surface area is 182 Å². The molecule has 1 aliphatic heterocycles. The lowest BCUT2D eigenvalue weighted by Crippen LogP contribution is -2.37. The summed E-state index contributed by atoms with van der Waals surface area (Å²) in [5, 5.41) is 8.87. The molecule has 4 heterocycles. The van der Waals surface area contributed by atoms with Crippen molar-refractivity contribution in [2.45, 2.75) is 33.4 Å². The summed E-state index contributed by atoms with van der Waals surface area (Å²) in [6.45, 7) is 5.28. The van der Waals surface area contributed by atoms with E-state index in [0.717, 1.165) is 39.7 Å². The summed E-state index contributed by atoms with van der Waals surface area (Å²) in [5.41, 5.74) is 4.80. The summed E-state index contributed by atoms with van der Waals surface area (Å²) >= 11 is 2.72. The normalized spacial score (nSPS) is 13.5. The van der Waals surface area contributed by atoms with Gasteiger partial charge in [-0.3, -0.25) is 14.6 Å². The fraction of sp³-hybridized carbons (Fsp3) is 0.286. The number of carbonyl (C=O) groups is 2. The van der Waals surface area contributed by atoms with Gasteiger partial charge in [0.15, 0.2) is 0 Å². The van der Waals surface area contributed by atoms with Gasteiger partial charge in [-0.2, -0.15) is 0 Å². The van der Waals surface area contributed by atoms with Crippen LogP contribution in [0.5, 0.6) is 0 Å². The molecule has 4 rings (SSSR count). The molecule has 0 aromatic carbocycles. The molecule has 0 saturated carbocycles. The van der Waals surface area contributed by atoms with Gasteiger partial charge in [-0.15, -0.1) is 16.4 Å². The van der Waals surface area contributed by atoms with Crippen molar-refractivity contribution in [3.63, 3.8) is 0 Å². The number of rotatable bonds is 5. The van der Waals surface area contributed by atoms with Crippen molar-refractivity contribution in [3.8, 4) is 0 Å².